The maximum atomic E-state index is 11.4. The van der Waals surface area contributed by atoms with Crippen molar-refractivity contribution >= 4 is 5.91 Å². The Morgan fingerprint density at radius 2 is 2.14 bits per heavy atom. The van der Waals surface area contributed by atoms with Gasteiger partial charge in [-0.05, 0) is 37.6 Å². The number of amides is 1. The Morgan fingerprint density at radius 3 is 2.57 bits per heavy atom. The molecule has 1 unspecified atom stereocenters. The molecule has 1 atom stereocenters. The number of hydrogen-bond donors (Lipinski definition) is 2. The van der Waals surface area contributed by atoms with Gasteiger partial charge in [-0.15, -0.1) is 0 Å². The van der Waals surface area contributed by atoms with Crippen LogP contribution in [0.2, 0.25) is 0 Å². The van der Waals surface area contributed by atoms with Gasteiger partial charge in [0.25, 0.3) is 0 Å². The highest BCUT2D eigenvalue weighted by atomic mass is 16.1. The monoisotopic (exact) mass is 198 g/mol. The van der Waals surface area contributed by atoms with Crippen molar-refractivity contribution in [1.29, 1.82) is 0 Å². The zero-order chi connectivity index (χ0) is 10.6. The van der Waals surface area contributed by atoms with Crippen molar-refractivity contribution in [2.45, 2.75) is 45.6 Å². The minimum Gasteiger partial charge on any atom is -0.353 e. The van der Waals surface area contributed by atoms with Gasteiger partial charge in [0.05, 0.1) is 0 Å². The second kappa shape index (κ2) is 5.35. The van der Waals surface area contributed by atoms with E-state index in [0.717, 1.165) is 19.3 Å². The Bertz CT molecular complexity index is 188. The van der Waals surface area contributed by atoms with Gasteiger partial charge < -0.3 is 11.1 Å². The molecule has 1 amide bonds. The first-order valence-corrected chi connectivity index (χ1v) is 5.63. The summed E-state index contributed by atoms with van der Waals surface area (Å²) in [5.41, 5.74) is 5.64. The van der Waals surface area contributed by atoms with E-state index in [1.807, 2.05) is 0 Å². The summed E-state index contributed by atoms with van der Waals surface area (Å²) in [5, 5.41) is 2.99. The molecule has 0 aliphatic heterocycles. The third-order valence-electron chi connectivity index (χ3n) is 2.93. The zero-order valence-electron chi connectivity index (χ0n) is 9.25. The molecule has 0 radical (unpaired) electrons. The van der Waals surface area contributed by atoms with Crippen LogP contribution in [-0.2, 0) is 4.79 Å². The average molecular weight is 198 g/mol. The van der Waals surface area contributed by atoms with Crippen LogP contribution >= 0.6 is 0 Å². The van der Waals surface area contributed by atoms with Gasteiger partial charge in [0.1, 0.15) is 0 Å². The minimum atomic E-state index is 0.201. The summed E-state index contributed by atoms with van der Waals surface area (Å²) in [5.74, 6) is 1.26. The summed E-state index contributed by atoms with van der Waals surface area (Å²) in [7, 11) is 0. The molecule has 0 aromatic carbocycles. The second-order valence-corrected chi connectivity index (χ2v) is 4.62. The summed E-state index contributed by atoms with van der Waals surface area (Å²) >= 11 is 0. The van der Waals surface area contributed by atoms with E-state index in [1.165, 1.54) is 0 Å². The van der Waals surface area contributed by atoms with Gasteiger partial charge in [-0.2, -0.15) is 0 Å². The van der Waals surface area contributed by atoms with Gasteiger partial charge in [-0.25, -0.2) is 0 Å². The van der Waals surface area contributed by atoms with Crippen LogP contribution in [0.3, 0.4) is 0 Å². The first kappa shape index (κ1) is 11.5. The number of rotatable bonds is 6. The standard InChI is InChI=1S/C11H22N2O/c1-8(2)9(7-12)3-6-11(14)13-10-4-5-10/h8-10H,3-7,12H2,1-2H3,(H,13,14). The maximum Gasteiger partial charge on any atom is 0.220 e. The molecule has 0 bridgehead atoms. The molecule has 3 nitrogen and oxygen atoms in total. The zero-order valence-corrected chi connectivity index (χ0v) is 9.25. The maximum absolute atomic E-state index is 11.4. The van der Waals surface area contributed by atoms with Crippen LogP contribution in [0.15, 0.2) is 0 Å². The highest BCUT2D eigenvalue weighted by molar-refractivity contribution is 5.76. The molecule has 82 valence electrons. The first-order chi connectivity index (χ1) is 6.63. The van der Waals surface area contributed by atoms with E-state index in [0.29, 0.717) is 30.8 Å². The van der Waals surface area contributed by atoms with Crippen molar-refractivity contribution in [3.05, 3.63) is 0 Å². The molecule has 0 spiro atoms. The minimum absolute atomic E-state index is 0.201. The predicted octanol–water partition coefficient (Wildman–Crippen LogP) is 1.28. The molecule has 14 heavy (non-hydrogen) atoms. The van der Waals surface area contributed by atoms with E-state index in [4.69, 9.17) is 5.73 Å². The van der Waals surface area contributed by atoms with E-state index in [9.17, 15) is 4.79 Å². The van der Waals surface area contributed by atoms with Crippen molar-refractivity contribution in [3.8, 4) is 0 Å². The fourth-order valence-corrected chi connectivity index (χ4v) is 1.57. The van der Waals surface area contributed by atoms with Gasteiger partial charge in [0.15, 0.2) is 0 Å². The molecule has 0 saturated heterocycles. The van der Waals surface area contributed by atoms with Crippen molar-refractivity contribution in [2.24, 2.45) is 17.6 Å². The smallest absolute Gasteiger partial charge is 0.220 e. The lowest BCUT2D eigenvalue weighted by Crippen LogP contribution is -2.27. The van der Waals surface area contributed by atoms with Gasteiger partial charge in [0.2, 0.25) is 5.91 Å². The van der Waals surface area contributed by atoms with Crippen LogP contribution in [-0.4, -0.2) is 18.5 Å². The van der Waals surface area contributed by atoms with Crippen molar-refractivity contribution in [1.82, 2.24) is 5.32 Å². The molecule has 1 aliphatic carbocycles. The van der Waals surface area contributed by atoms with Gasteiger partial charge in [-0.1, -0.05) is 13.8 Å². The predicted molar refractivity (Wildman–Crippen MR) is 57.8 cm³/mol. The largest absolute Gasteiger partial charge is 0.353 e. The van der Waals surface area contributed by atoms with Gasteiger partial charge >= 0.3 is 0 Å². The van der Waals surface area contributed by atoms with Crippen molar-refractivity contribution in [2.75, 3.05) is 6.54 Å². The highest BCUT2D eigenvalue weighted by Crippen LogP contribution is 2.20. The number of carbonyl (C=O) groups is 1. The highest BCUT2D eigenvalue weighted by Gasteiger charge is 2.23. The third kappa shape index (κ3) is 4.09. The quantitative estimate of drug-likeness (QED) is 0.675. The van der Waals surface area contributed by atoms with Gasteiger partial charge in [-0.3, -0.25) is 4.79 Å². The van der Waals surface area contributed by atoms with Crippen LogP contribution < -0.4 is 11.1 Å². The van der Waals surface area contributed by atoms with Crippen molar-refractivity contribution < 1.29 is 4.79 Å². The molecule has 0 aromatic heterocycles. The molecule has 1 aliphatic rings. The van der Waals surface area contributed by atoms with Crippen LogP contribution in [0.4, 0.5) is 0 Å². The Balaban J connectivity index is 2.13. The topological polar surface area (TPSA) is 55.1 Å². The molecule has 1 saturated carbocycles. The van der Waals surface area contributed by atoms with Crippen molar-refractivity contribution in [3.63, 3.8) is 0 Å². The summed E-state index contributed by atoms with van der Waals surface area (Å²) in [4.78, 5) is 11.4. The molecule has 0 heterocycles. The number of nitrogens with one attached hydrogen (secondary N) is 1. The Kier molecular flexibility index (Phi) is 4.39. The lowest BCUT2D eigenvalue weighted by Gasteiger charge is -2.18. The molecule has 0 aromatic rings. The molecular formula is C11H22N2O. The third-order valence-corrected chi connectivity index (χ3v) is 2.93. The van der Waals surface area contributed by atoms with E-state index in [1.54, 1.807) is 0 Å². The lowest BCUT2D eigenvalue weighted by molar-refractivity contribution is -0.121. The summed E-state index contributed by atoms with van der Waals surface area (Å²) in [6.07, 6.45) is 3.88. The number of hydrogen-bond acceptors (Lipinski definition) is 2. The summed E-state index contributed by atoms with van der Waals surface area (Å²) in [6, 6.07) is 0.484. The second-order valence-electron chi connectivity index (χ2n) is 4.62. The first-order valence-electron chi connectivity index (χ1n) is 5.63. The van der Waals surface area contributed by atoms with E-state index < -0.39 is 0 Å². The summed E-state index contributed by atoms with van der Waals surface area (Å²) < 4.78 is 0. The fraction of sp³-hybridized carbons (Fsp3) is 0.909. The molecule has 1 rings (SSSR count). The van der Waals surface area contributed by atoms with Crippen LogP contribution in [0.25, 0.3) is 0 Å². The molecular weight excluding hydrogens is 176 g/mol. The van der Waals surface area contributed by atoms with Crippen LogP contribution in [0.5, 0.6) is 0 Å². The molecule has 3 heteroatoms. The van der Waals surface area contributed by atoms with Crippen LogP contribution in [0, 0.1) is 11.8 Å². The van der Waals surface area contributed by atoms with Gasteiger partial charge in [0, 0.05) is 12.5 Å². The number of nitrogens with two attached hydrogens (primary N) is 1. The number of carbonyl (C=O) groups excluding carboxylic acids is 1. The normalized spacial score (nSPS) is 18.3. The van der Waals surface area contributed by atoms with E-state index in [-0.39, 0.29) is 5.91 Å². The van der Waals surface area contributed by atoms with E-state index >= 15 is 0 Å². The summed E-state index contributed by atoms with van der Waals surface area (Å²) in [6.45, 7) is 5.01. The lowest BCUT2D eigenvalue weighted by atomic mass is 9.91. The Hall–Kier alpha value is -0.570. The van der Waals surface area contributed by atoms with Crippen LogP contribution in [0.1, 0.15) is 39.5 Å². The SMILES string of the molecule is CC(C)C(CN)CCC(=O)NC1CC1. The van der Waals surface area contributed by atoms with E-state index in [2.05, 4.69) is 19.2 Å². The molecule has 1 fully saturated rings. The average Bonchev–Trinajstić information content (AvgIpc) is 2.88. The molecule has 3 N–H and O–H groups in total. The fourth-order valence-electron chi connectivity index (χ4n) is 1.57. The Labute approximate surface area is 86.4 Å². The Morgan fingerprint density at radius 1 is 1.50 bits per heavy atom.